The Morgan fingerprint density at radius 2 is 2.26 bits per heavy atom. The van der Waals surface area contributed by atoms with Crippen molar-refractivity contribution in [1.29, 1.82) is 0 Å². The number of rotatable bonds is 3. The number of esters is 1. The van der Waals surface area contributed by atoms with Gasteiger partial charge in [0.2, 0.25) is 0 Å². The molecule has 0 amide bonds. The van der Waals surface area contributed by atoms with Crippen molar-refractivity contribution in [2.45, 2.75) is 6.54 Å². The highest BCUT2D eigenvalue weighted by atomic mass is 79.9. The summed E-state index contributed by atoms with van der Waals surface area (Å²) in [5.41, 5.74) is 1.11. The van der Waals surface area contributed by atoms with Crippen molar-refractivity contribution in [2.75, 3.05) is 7.11 Å². The van der Waals surface area contributed by atoms with Crippen molar-refractivity contribution in [3.05, 3.63) is 62.7 Å². The van der Waals surface area contributed by atoms with Crippen molar-refractivity contribution in [1.82, 2.24) is 9.55 Å². The van der Waals surface area contributed by atoms with Crippen LogP contribution in [0.15, 0.2) is 46.1 Å². The highest BCUT2D eigenvalue weighted by Crippen LogP contribution is 2.08. The predicted octanol–water partition coefficient (Wildman–Crippen LogP) is 1.84. The first-order valence-electron chi connectivity index (χ1n) is 5.49. The fraction of sp³-hybridized carbons (Fsp3) is 0.154. The molecular weight excluding hydrogens is 312 g/mol. The molecule has 0 radical (unpaired) electrons. The maximum absolute atomic E-state index is 11.8. The van der Waals surface area contributed by atoms with E-state index in [1.807, 2.05) is 6.07 Å². The van der Waals surface area contributed by atoms with Crippen LogP contribution in [0.1, 0.15) is 15.9 Å². The van der Waals surface area contributed by atoms with Gasteiger partial charge in [0.1, 0.15) is 4.47 Å². The average molecular weight is 323 g/mol. The van der Waals surface area contributed by atoms with Crippen LogP contribution in [0.2, 0.25) is 0 Å². The second-order valence-electron chi connectivity index (χ2n) is 3.87. The van der Waals surface area contributed by atoms with E-state index < -0.39 is 5.97 Å². The zero-order valence-electron chi connectivity index (χ0n) is 10.2. The summed E-state index contributed by atoms with van der Waals surface area (Å²) < 4.78 is 6.52. The SMILES string of the molecule is COC(=O)c1cccc(Cn2cncc(Br)c2=O)c1. The molecule has 0 unspecified atom stereocenters. The van der Waals surface area contributed by atoms with Gasteiger partial charge >= 0.3 is 5.97 Å². The molecule has 2 aromatic rings. The smallest absolute Gasteiger partial charge is 0.337 e. The van der Waals surface area contributed by atoms with Crippen LogP contribution in [-0.2, 0) is 11.3 Å². The zero-order chi connectivity index (χ0) is 13.8. The molecule has 98 valence electrons. The number of nitrogens with zero attached hydrogens (tertiary/aromatic N) is 2. The molecule has 1 aromatic carbocycles. The Morgan fingerprint density at radius 1 is 1.47 bits per heavy atom. The van der Waals surface area contributed by atoms with Crippen molar-refractivity contribution in [2.24, 2.45) is 0 Å². The first-order valence-corrected chi connectivity index (χ1v) is 6.28. The second kappa shape index (κ2) is 5.79. The largest absolute Gasteiger partial charge is 0.465 e. The molecule has 0 bridgehead atoms. The Kier molecular flexibility index (Phi) is 4.11. The molecule has 0 atom stereocenters. The topological polar surface area (TPSA) is 61.2 Å². The number of halogens is 1. The van der Waals surface area contributed by atoms with Crippen molar-refractivity contribution < 1.29 is 9.53 Å². The summed E-state index contributed by atoms with van der Waals surface area (Å²) >= 11 is 3.14. The van der Waals surface area contributed by atoms with E-state index in [4.69, 9.17) is 0 Å². The first-order chi connectivity index (χ1) is 9.11. The molecule has 19 heavy (non-hydrogen) atoms. The van der Waals surface area contributed by atoms with Gasteiger partial charge < -0.3 is 4.74 Å². The lowest BCUT2D eigenvalue weighted by atomic mass is 10.1. The third kappa shape index (κ3) is 3.08. The molecule has 0 aliphatic carbocycles. The molecule has 1 aromatic heterocycles. The number of hydrogen-bond acceptors (Lipinski definition) is 4. The van der Waals surface area contributed by atoms with Crippen molar-refractivity contribution >= 4 is 21.9 Å². The average Bonchev–Trinajstić information content (AvgIpc) is 2.43. The fourth-order valence-corrected chi connectivity index (χ4v) is 1.99. The summed E-state index contributed by atoms with van der Waals surface area (Å²) in [7, 11) is 1.33. The number of hydrogen-bond donors (Lipinski definition) is 0. The van der Waals surface area contributed by atoms with Gasteiger partial charge in [-0.2, -0.15) is 0 Å². The van der Waals surface area contributed by atoms with E-state index in [0.717, 1.165) is 5.56 Å². The summed E-state index contributed by atoms with van der Waals surface area (Å²) in [6, 6.07) is 6.94. The maximum atomic E-state index is 11.8. The van der Waals surface area contributed by atoms with Gasteiger partial charge in [0.25, 0.3) is 5.56 Å². The minimum Gasteiger partial charge on any atom is -0.465 e. The van der Waals surface area contributed by atoms with E-state index in [0.29, 0.717) is 16.6 Å². The summed E-state index contributed by atoms with van der Waals surface area (Å²) in [4.78, 5) is 27.2. The quantitative estimate of drug-likeness (QED) is 0.809. The summed E-state index contributed by atoms with van der Waals surface area (Å²) in [5.74, 6) is -0.401. The van der Waals surface area contributed by atoms with E-state index in [-0.39, 0.29) is 5.56 Å². The van der Waals surface area contributed by atoms with Gasteiger partial charge in [0.15, 0.2) is 0 Å². The zero-order valence-corrected chi connectivity index (χ0v) is 11.8. The molecule has 0 saturated carbocycles. The molecule has 0 saturated heterocycles. The molecule has 2 rings (SSSR count). The van der Waals surface area contributed by atoms with Gasteiger partial charge in [0.05, 0.1) is 25.5 Å². The van der Waals surface area contributed by atoms with Gasteiger partial charge in [-0.3, -0.25) is 9.36 Å². The predicted molar refractivity (Wildman–Crippen MR) is 73.1 cm³/mol. The first kappa shape index (κ1) is 13.5. The van der Waals surface area contributed by atoms with E-state index in [9.17, 15) is 9.59 Å². The standard InChI is InChI=1S/C13H11BrN2O3/c1-19-13(18)10-4-2-3-9(5-10)7-16-8-15-6-11(14)12(16)17/h2-6,8H,7H2,1H3. The lowest BCUT2D eigenvalue weighted by Crippen LogP contribution is -2.21. The summed E-state index contributed by atoms with van der Waals surface area (Å²) in [6.07, 6.45) is 2.90. The third-order valence-electron chi connectivity index (χ3n) is 2.56. The normalized spacial score (nSPS) is 10.2. The molecular formula is C13H11BrN2O3. The van der Waals surface area contributed by atoms with Crippen LogP contribution in [0.4, 0.5) is 0 Å². The van der Waals surface area contributed by atoms with Crippen LogP contribution in [0, 0.1) is 0 Å². The lowest BCUT2D eigenvalue weighted by molar-refractivity contribution is 0.0600. The van der Waals surface area contributed by atoms with Crippen LogP contribution in [0.5, 0.6) is 0 Å². The number of methoxy groups -OCH3 is 1. The van der Waals surface area contributed by atoms with Crippen LogP contribution in [0.3, 0.4) is 0 Å². The number of benzene rings is 1. The van der Waals surface area contributed by atoms with Gasteiger partial charge in [-0.05, 0) is 33.6 Å². The third-order valence-corrected chi connectivity index (χ3v) is 3.10. The summed E-state index contributed by atoms with van der Waals surface area (Å²) in [6.45, 7) is 0.343. The summed E-state index contributed by atoms with van der Waals surface area (Å²) in [5, 5.41) is 0. The molecule has 6 heteroatoms. The van der Waals surface area contributed by atoms with E-state index in [2.05, 4.69) is 25.7 Å². The van der Waals surface area contributed by atoms with E-state index in [1.165, 1.54) is 24.2 Å². The van der Waals surface area contributed by atoms with Crippen LogP contribution >= 0.6 is 15.9 Å². The molecule has 0 aliphatic rings. The number of ether oxygens (including phenoxy) is 1. The van der Waals surface area contributed by atoms with Crippen LogP contribution in [-0.4, -0.2) is 22.6 Å². The van der Waals surface area contributed by atoms with Crippen molar-refractivity contribution in [3.8, 4) is 0 Å². The lowest BCUT2D eigenvalue weighted by Gasteiger charge is -2.07. The monoisotopic (exact) mass is 322 g/mol. The Hall–Kier alpha value is -1.95. The molecule has 0 aliphatic heterocycles. The number of carbonyl (C=O) groups is 1. The highest BCUT2D eigenvalue weighted by molar-refractivity contribution is 9.10. The van der Waals surface area contributed by atoms with Crippen LogP contribution in [0.25, 0.3) is 0 Å². The highest BCUT2D eigenvalue weighted by Gasteiger charge is 2.07. The van der Waals surface area contributed by atoms with Gasteiger partial charge in [-0.1, -0.05) is 12.1 Å². The second-order valence-corrected chi connectivity index (χ2v) is 4.72. The van der Waals surface area contributed by atoms with Crippen molar-refractivity contribution in [3.63, 3.8) is 0 Å². The Bertz CT molecular complexity index is 667. The Morgan fingerprint density at radius 3 is 3.00 bits per heavy atom. The minimum absolute atomic E-state index is 0.168. The van der Waals surface area contributed by atoms with E-state index in [1.54, 1.807) is 18.2 Å². The maximum Gasteiger partial charge on any atom is 0.337 e. The molecule has 0 spiro atoms. The minimum atomic E-state index is -0.401. The fourth-order valence-electron chi connectivity index (χ4n) is 1.65. The number of carbonyl (C=O) groups excluding carboxylic acids is 1. The van der Waals surface area contributed by atoms with Gasteiger partial charge in [-0.25, -0.2) is 9.78 Å². The Labute approximate surface area is 118 Å². The number of aromatic nitrogens is 2. The molecule has 1 heterocycles. The van der Waals surface area contributed by atoms with Gasteiger partial charge in [0, 0.05) is 6.20 Å². The van der Waals surface area contributed by atoms with Gasteiger partial charge in [-0.15, -0.1) is 0 Å². The molecule has 5 nitrogen and oxygen atoms in total. The molecule has 0 N–H and O–H groups in total. The Balaban J connectivity index is 2.31. The molecule has 0 fully saturated rings. The van der Waals surface area contributed by atoms with E-state index >= 15 is 0 Å². The van der Waals surface area contributed by atoms with Crippen LogP contribution < -0.4 is 5.56 Å².